The van der Waals surface area contributed by atoms with E-state index in [-0.39, 0.29) is 30.1 Å². The number of nitrogens with two attached hydrogens (primary N) is 1. The summed E-state index contributed by atoms with van der Waals surface area (Å²) in [5, 5.41) is 2.79. The van der Waals surface area contributed by atoms with Crippen LogP contribution < -0.4 is 11.1 Å². The van der Waals surface area contributed by atoms with Crippen LogP contribution in [-0.4, -0.2) is 53.8 Å². The van der Waals surface area contributed by atoms with Crippen molar-refractivity contribution in [2.24, 2.45) is 5.73 Å². The molecule has 2 rings (SSSR count). The molecule has 0 saturated carbocycles. The molecule has 138 valence electrons. The van der Waals surface area contributed by atoms with E-state index in [4.69, 9.17) is 5.73 Å². The maximum absolute atomic E-state index is 12.2. The highest BCUT2D eigenvalue weighted by atomic mass is 35.5. The number of nitrogens with one attached hydrogen (secondary N) is 1. The first-order chi connectivity index (χ1) is 11.6. The summed E-state index contributed by atoms with van der Waals surface area (Å²) in [5.41, 5.74) is 6.72. The number of fused-ring (bicyclic) bond motifs is 1. The van der Waals surface area contributed by atoms with Crippen LogP contribution in [0.1, 0.15) is 40.0 Å². The quantitative estimate of drug-likeness (QED) is 0.498. The Balaban J connectivity index is 0.00000312. The topological polar surface area (TPSA) is 92.5 Å². The Bertz CT molecular complexity index is 592. The third-order valence-corrected chi connectivity index (χ3v) is 4.60. The van der Waals surface area contributed by atoms with Gasteiger partial charge in [-0.2, -0.15) is 11.8 Å². The van der Waals surface area contributed by atoms with Crippen molar-refractivity contribution in [2.75, 3.05) is 25.1 Å². The molecule has 0 spiro atoms. The summed E-state index contributed by atoms with van der Waals surface area (Å²) < 4.78 is 0. The van der Waals surface area contributed by atoms with Crippen LogP contribution in [0.3, 0.4) is 0 Å². The third-order valence-electron chi connectivity index (χ3n) is 3.96. The molecule has 8 heteroatoms. The maximum Gasteiger partial charge on any atom is 0.261 e. The first-order valence-corrected chi connectivity index (χ1v) is 9.43. The van der Waals surface area contributed by atoms with Crippen molar-refractivity contribution in [3.8, 4) is 0 Å². The highest BCUT2D eigenvalue weighted by Gasteiger charge is 2.34. The van der Waals surface area contributed by atoms with Gasteiger partial charge in [-0.1, -0.05) is 12.1 Å². The van der Waals surface area contributed by atoms with E-state index in [0.29, 0.717) is 43.5 Å². The summed E-state index contributed by atoms with van der Waals surface area (Å²) in [4.78, 5) is 37.4. The summed E-state index contributed by atoms with van der Waals surface area (Å²) >= 11 is 1.66. The second kappa shape index (κ2) is 10.4. The molecular formula is C17H24ClN3O3S. The van der Waals surface area contributed by atoms with Crippen molar-refractivity contribution in [2.45, 2.75) is 25.3 Å². The Morgan fingerprint density at radius 1 is 1.20 bits per heavy atom. The number of imide groups is 1. The van der Waals surface area contributed by atoms with E-state index in [1.807, 2.05) is 6.26 Å². The predicted molar refractivity (Wildman–Crippen MR) is 102 cm³/mol. The van der Waals surface area contributed by atoms with Gasteiger partial charge in [0, 0.05) is 13.1 Å². The lowest BCUT2D eigenvalue weighted by Gasteiger charge is -2.14. The number of amides is 3. The van der Waals surface area contributed by atoms with Crippen LogP contribution in [-0.2, 0) is 4.79 Å². The van der Waals surface area contributed by atoms with Gasteiger partial charge in [-0.3, -0.25) is 19.3 Å². The van der Waals surface area contributed by atoms with Crippen LogP contribution in [0.4, 0.5) is 0 Å². The Morgan fingerprint density at radius 2 is 1.80 bits per heavy atom. The highest BCUT2D eigenvalue weighted by molar-refractivity contribution is 7.98. The van der Waals surface area contributed by atoms with Crippen molar-refractivity contribution in [1.82, 2.24) is 10.2 Å². The molecular weight excluding hydrogens is 362 g/mol. The number of thioether (sulfide) groups is 1. The molecule has 1 heterocycles. The Morgan fingerprint density at radius 3 is 2.36 bits per heavy atom. The molecule has 0 radical (unpaired) electrons. The van der Waals surface area contributed by atoms with E-state index in [1.165, 1.54) is 4.90 Å². The predicted octanol–water partition coefficient (Wildman–Crippen LogP) is 1.68. The van der Waals surface area contributed by atoms with Gasteiger partial charge in [0.25, 0.3) is 11.8 Å². The molecule has 0 aliphatic carbocycles. The number of rotatable bonds is 9. The first kappa shape index (κ1) is 21.5. The zero-order valence-corrected chi connectivity index (χ0v) is 15.8. The van der Waals surface area contributed by atoms with Gasteiger partial charge in [-0.15, -0.1) is 12.4 Å². The number of halogens is 1. The number of carbonyl (C=O) groups excluding carboxylic acids is 3. The molecule has 1 aliphatic heterocycles. The summed E-state index contributed by atoms with van der Waals surface area (Å²) in [6, 6.07) is 6.37. The van der Waals surface area contributed by atoms with Crippen molar-refractivity contribution < 1.29 is 14.4 Å². The van der Waals surface area contributed by atoms with E-state index in [0.717, 1.165) is 5.75 Å². The molecule has 0 saturated heterocycles. The van der Waals surface area contributed by atoms with Crippen LogP contribution in [0, 0.1) is 0 Å². The van der Waals surface area contributed by atoms with Crippen LogP contribution in [0.2, 0.25) is 0 Å². The maximum atomic E-state index is 12.2. The molecule has 25 heavy (non-hydrogen) atoms. The second-order valence-corrected chi connectivity index (χ2v) is 6.68. The number of hydrogen-bond donors (Lipinski definition) is 2. The first-order valence-electron chi connectivity index (χ1n) is 8.03. The molecule has 0 fully saturated rings. The minimum Gasteiger partial charge on any atom is -0.355 e. The van der Waals surface area contributed by atoms with Crippen molar-refractivity contribution in [3.63, 3.8) is 0 Å². The molecule has 0 bridgehead atoms. The summed E-state index contributed by atoms with van der Waals surface area (Å²) in [6.45, 7) is 0.857. The molecule has 3 amide bonds. The monoisotopic (exact) mass is 385 g/mol. The fraction of sp³-hybridized carbons (Fsp3) is 0.471. The van der Waals surface area contributed by atoms with E-state index in [1.54, 1.807) is 36.0 Å². The average molecular weight is 386 g/mol. The van der Waals surface area contributed by atoms with Crippen molar-refractivity contribution in [3.05, 3.63) is 35.4 Å². The Labute approximate surface area is 158 Å². The zero-order chi connectivity index (χ0) is 17.5. The lowest BCUT2D eigenvalue weighted by Crippen LogP contribution is -2.41. The van der Waals surface area contributed by atoms with Gasteiger partial charge in [0.2, 0.25) is 5.91 Å². The lowest BCUT2D eigenvalue weighted by atomic mass is 10.1. The highest BCUT2D eigenvalue weighted by Crippen LogP contribution is 2.22. The Kier molecular flexibility index (Phi) is 8.96. The standard InChI is InChI=1S/C17H23N3O3S.ClH/c1-24-11-8-14(18)15(21)19-9-4-5-10-20-16(22)12-6-2-3-7-13(12)17(20)23;/h2-3,6-7,14H,4-5,8-11,18H2,1H3,(H,19,21);1H/t14-;/m0./s1. The molecule has 0 aromatic heterocycles. The van der Waals surface area contributed by atoms with Gasteiger partial charge < -0.3 is 11.1 Å². The number of unbranched alkanes of at least 4 members (excludes halogenated alkanes) is 1. The zero-order valence-electron chi connectivity index (χ0n) is 14.2. The third kappa shape index (κ3) is 5.45. The minimum atomic E-state index is -0.478. The van der Waals surface area contributed by atoms with Crippen molar-refractivity contribution >= 4 is 41.9 Å². The van der Waals surface area contributed by atoms with Crippen molar-refractivity contribution in [1.29, 1.82) is 0 Å². The van der Waals surface area contributed by atoms with E-state index >= 15 is 0 Å². The molecule has 1 aromatic carbocycles. The normalized spacial score (nSPS) is 14.1. The number of benzene rings is 1. The van der Waals surface area contributed by atoms with Gasteiger partial charge in [0.15, 0.2) is 0 Å². The van der Waals surface area contributed by atoms with Crippen LogP contribution in [0.15, 0.2) is 24.3 Å². The van der Waals surface area contributed by atoms with Gasteiger partial charge >= 0.3 is 0 Å². The Hall–Kier alpha value is -1.57. The largest absolute Gasteiger partial charge is 0.355 e. The fourth-order valence-corrected chi connectivity index (χ4v) is 3.05. The molecule has 1 aromatic rings. The van der Waals surface area contributed by atoms with Crippen LogP contribution in [0.25, 0.3) is 0 Å². The number of nitrogens with zero attached hydrogens (tertiary/aromatic N) is 1. The van der Waals surface area contributed by atoms with E-state index in [2.05, 4.69) is 5.32 Å². The SMILES string of the molecule is CSCC[C@H](N)C(=O)NCCCCN1C(=O)c2ccccc2C1=O.Cl. The van der Waals surface area contributed by atoms with E-state index < -0.39 is 6.04 Å². The summed E-state index contributed by atoms with van der Waals surface area (Å²) in [5.74, 6) is 0.233. The second-order valence-electron chi connectivity index (χ2n) is 5.69. The minimum absolute atomic E-state index is 0. The molecule has 1 atom stereocenters. The number of hydrogen-bond acceptors (Lipinski definition) is 5. The smallest absolute Gasteiger partial charge is 0.261 e. The molecule has 1 aliphatic rings. The fourth-order valence-electron chi connectivity index (χ4n) is 2.56. The van der Waals surface area contributed by atoms with Gasteiger partial charge in [0.05, 0.1) is 17.2 Å². The van der Waals surface area contributed by atoms with Crippen LogP contribution >= 0.6 is 24.2 Å². The molecule has 6 nitrogen and oxygen atoms in total. The molecule has 0 unspecified atom stereocenters. The van der Waals surface area contributed by atoms with Gasteiger partial charge in [-0.25, -0.2) is 0 Å². The average Bonchev–Trinajstić information content (AvgIpc) is 2.84. The van der Waals surface area contributed by atoms with E-state index in [9.17, 15) is 14.4 Å². The molecule has 3 N–H and O–H groups in total. The number of carbonyl (C=O) groups is 3. The summed E-state index contributed by atoms with van der Waals surface area (Å²) in [6.07, 6.45) is 3.96. The lowest BCUT2D eigenvalue weighted by molar-refractivity contribution is -0.122. The van der Waals surface area contributed by atoms with Crippen LogP contribution in [0.5, 0.6) is 0 Å². The van der Waals surface area contributed by atoms with Gasteiger partial charge in [0.1, 0.15) is 0 Å². The summed E-state index contributed by atoms with van der Waals surface area (Å²) in [7, 11) is 0. The van der Waals surface area contributed by atoms with Gasteiger partial charge in [-0.05, 0) is 43.4 Å².